The van der Waals surface area contributed by atoms with E-state index in [0.717, 1.165) is 26.2 Å². The van der Waals surface area contributed by atoms with Gasteiger partial charge in [-0.2, -0.15) is 0 Å². The molecule has 2 radical (unpaired) electrons. The molecule has 0 aliphatic carbocycles. The molecule has 0 amide bonds. The molecule has 0 N–H and O–H groups in total. The van der Waals surface area contributed by atoms with E-state index >= 15 is 0 Å². The van der Waals surface area contributed by atoms with Crippen molar-refractivity contribution in [3.05, 3.63) is 0 Å². The summed E-state index contributed by atoms with van der Waals surface area (Å²) >= 11 is 19.2. The first-order valence-corrected chi connectivity index (χ1v) is 7.16. The van der Waals surface area contributed by atoms with Crippen molar-refractivity contribution in [2.45, 2.75) is 25.7 Å². The fourth-order valence-electron chi connectivity index (χ4n) is 1.80. The van der Waals surface area contributed by atoms with Gasteiger partial charge in [0.1, 0.15) is 0 Å². The van der Waals surface area contributed by atoms with Crippen molar-refractivity contribution in [3.63, 3.8) is 0 Å². The molecular formula is C10H16BiClN2S4. The van der Waals surface area contributed by atoms with Crippen LogP contribution < -0.4 is 12.4 Å². The fraction of sp³-hybridized carbons (Fsp3) is 0.800. The number of halogens is 1. The summed E-state index contributed by atoms with van der Waals surface area (Å²) in [7, 11) is 0. The van der Waals surface area contributed by atoms with Crippen molar-refractivity contribution in [2.24, 2.45) is 0 Å². The van der Waals surface area contributed by atoms with Crippen LogP contribution in [0, 0.1) is 0 Å². The molecule has 102 valence electrons. The maximum Gasteiger partial charge on any atom is 3.00 e. The zero-order valence-electron chi connectivity index (χ0n) is 10.0. The summed E-state index contributed by atoms with van der Waals surface area (Å²) in [6, 6.07) is 0. The summed E-state index contributed by atoms with van der Waals surface area (Å²) in [5, 5.41) is 0. The summed E-state index contributed by atoms with van der Waals surface area (Å²) in [6.45, 7) is 4.34. The molecule has 0 atom stereocenters. The van der Waals surface area contributed by atoms with Gasteiger partial charge >= 0.3 is 26.2 Å². The number of thiocarbonyl (C=S) groups is 2. The van der Waals surface area contributed by atoms with Gasteiger partial charge in [0.25, 0.3) is 0 Å². The second kappa shape index (κ2) is 12.2. The molecule has 2 nitrogen and oxygen atoms in total. The molecule has 8 heteroatoms. The van der Waals surface area contributed by atoms with Gasteiger partial charge in [0.2, 0.25) is 0 Å². The Hall–Kier alpha value is 1.39. The van der Waals surface area contributed by atoms with Crippen LogP contribution >= 0.6 is 24.4 Å². The van der Waals surface area contributed by atoms with Crippen LogP contribution in [0.1, 0.15) is 25.7 Å². The van der Waals surface area contributed by atoms with Crippen molar-refractivity contribution < 1.29 is 12.4 Å². The van der Waals surface area contributed by atoms with Gasteiger partial charge in [-0.05, 0) is 25.7 Å². The van der Waals surface area contributed by atoms with Crippen LogP contribution in [0.5, 0.6) is 0 Å². The number of nitrogens with zero attached hydrogens (tertiary/aromatic N) is 2. The van der Waals surface area contributed by atoms with Crippen molar-refractivity contribution in [1.29, 1.82) is 0 Å². The number of hydrogen-bond donors (Lipinski definition) is 0. The first-order chi connectivity index (χ1) is 7.61. The van der Waals surface area contributed by atoms with Gasteiger partial charge in [0, 0.05) is 26.2 Å². The van der Waals surface area contributed by atoms with E-state index < -0.39 is 0 Å². The van der Waals surface area contributed by atoms with Crippen LogP contribution in [0.2, 0.25) is 0 Å². The molecule has 0 bridgehead atoms. The first-order valence-electron chi connectivity index (χ1n) is 5.53. The molecular weight excluding hydrogens is 521 g/mol. The second-order valence-electron chi connectivity index (χ2n) is 3.92. The van der Waals surface area contributed by atoms with Crippen LogP contribution in [-0.4, -0.2) is 70.8 Å². The van der Waals surface area contributed by atoms with E-state index in [4.69, 9.17) is 49.7 Å². The molecule has 2 heterocycles. The average Bonchev–Trinajstić information content (AvgIpc) is 2.93. The maximum absolute atomic E-state index is 4.80. The van der Waals surface area contributed by atoms with Crippen LogP contribution in [0.15, 0.2) is 0 Å². The summed E-state index contributed by atoms with van der Waals surface area (Å²) in [4.78, 5) is 4.15. The molecule has 2 aliphatic rings. The molecule has 2 aliphatic heterocycles. The largest absolute Gasteiger partial charge is 3.00 e. The Morgan fingerprint density at radius 2 is 0.944 bits per heavy atom. The van der Waals surface area contributed by atoms with Crippen molar-refractivity contribution >= 4 is 84.5 Å². The molecule has 2 fully saturated rings. The SMILES string of the molecule is S=C([S-])N1CCCC1.S=C([S-])N1CCCC1.[Bi+3].[Cl-]. The zero-order chi connectivity index (χ0) is 12.0. The number of likely N-dealkylation sites (tertiary alicyclic amines) is 2. The minimum absolute atomic E-state index is 0. The Labute approximate surface area is 157 Å². The standard InChI is InChI=1S/2C5H9NS2.Bi.ClH/c2*7-5(8)6-3-1-2-4-6;;/h2*1-4H2,(H,7,8);;1H/q;;+3;/p-3. The van der Waals surface area contributed by atoms with E-state index in [1.807, 2.05) is 0 Å². The third kappa shape index (κ3) is 8.54. The van der Waals surface area contributed by atoms with Gasteiger partial charge in [-0.1, -0.05) is 8.64 Å². The van der Waals surface area contributed by atoms with Gasteiger partial charge in [0.05, 0.1) is 0 Å². The van der Waals surface area contributed by atoms with Crippen LogP contribution in [0.4, 0.5) is 0 Å². The summed E-state index contributed by atoms with van der Waals surface area (Å²) in [5.74, 6) is 0. The molecule has 2 rings (SSSR count). The number of rotatable bonds is 0. The Bertz CT molecular complexity index is 230. The van der Waals surface area contributed by atoms with Crippen molar-refractivity contribution in [1.82, 2.24) is 9.80 Å². The summed E-state index contributed by atoms with van der Waals surface area (Å²) in [5.41, 5.74) is 0. The molecule has 0 spiro atoms. The van der Waals surface area contributed by atoms with Crippen LogP contribution in [0.25, 0.3) is 0 Å². The fourth-order valence-corrected chi connectivity index (χ4v) is 2.53. The Morgan fingerprint density at radius 1 is 0.722 bits per heavy atom. The van der Waals surface area contributed by atoms with Gasteiger partial charge in [-0.3, -0.25) is 0 Å². The molecule has 0 aromatic rings. The van der Waals surface area contributed by atoms with Gasteiger partial charge < -0.3 is 71.9 Å². The van der Waals surface area contributed by atoms with E-state index in [9.17, 15) is 0 Å². The van der Waals surface area contributed by atoms with Gasteiger partial charge in [0.15, 0.2) is 0 Å². The maximum atomic E-state index is 4.80. The quantitative estimate of drug-likeness (QED) is 0.209. The Balaban J connectivity index is 0. The molecule has 0 aromatic carbocycles. The number of hydrogen-bond acceptors (Lipinski definition) is 4. The summed E-state index contributed by atoms with van der Waals surface area (Å²) in [6.07, 6.45) is 5.04. The van der Waals surface area contributed by atoms with E-state index in [-0.39, 0.29) is 38.6 Å². The Kier molecular flexibility index (Phi) is 14.6. The van der Waals surface area contributed by atoms with E-state index in [0.29, 0.717) is 8.64 Å². The van der Waals surface area contributed by atoms with Crippen LogP contribution in [-0.2, 0) is 25.3 Å². The minimum Gasteiger partial charge on any atom is -1.00 e. The average molecular weight is 537 g/mol. The molecule has 0 saturated carbocycles. The normalized spacial score (nSPS) is 17.1. The van der Waals surface area contributed by atoms with E-state index in [1.54, 1.807) is 0 Å². The first kappa shape index (κ1) is 21.7. The Morgan fingerprint density at radius 3 is 1.06 bits per heavy atom. The second-order valence-corrected chi connectivity index (χ2v) is 5.98. The van der Waals surface area contributed by atoms with Crippen molar-refractivity contribution in [2.75, 3.05) is 26.2 Å². The van der Waals surface area contributed by atoms with Gasteiger partial charge in [-0.15, -0.1) is 0 Å². The molecule has 2 saturated heterocycles. The zero-order valence-corrected chi connectivity index (χ0v) is 17.5. The third-order valence-corrected chi connectivity index (χ3v) is 3.76. The monoisotopic (exact) mass is 536 g/mol. The topological polar surface area (TPSA) is 6.48 Å². The predicted molar refractivity (Wildman–Crippen MR) is 87.3 cm³/mol. The summed E-state index contributed by atoms with van der Waals surface area (Å²) < 4.78 is 1.28. The van der Waals surface area contributed by atoms with Gasteiger partial charge in [-0.25, -0.2) is 0 Å². The smallest absolute Gasteiger partial charge is 1.00 e. The van der Waals surface area contributed by atoms with E-state index in [2.05, 4.69) is 9.80 Å². The third-order valence-electron chi connectivity index (χ3n) is 2.73. The van der Waals surface area contributed by atoms with Crippen molar-refractivity contribution in [3.8, 4) is 0 Å². The predicted octanol–water partition coefficient (Wildman–Crippen LogP) is -1.55. The minimum atomic E-state index is 0. The molecule has 0 aromatic heterocycles. The molecule has 0 unspecified atom stereocenters. The van der Waals surface area contributed by atoms with E-state index in [1.165, 1.54) is 25.7 Å². The van der Waals surface area contributed by atoms with Crippen LogP contribution in [0.3, 0.4) is 0 Å². The molecule has 18 heavy (non-hydrogen) atoms.